The minimum Gasteiger partial charge on any atom is -0.379 e. The number of nitrogens with two attached hydrogens (primary N) is 1. The van der Waals surface area contributed by atoms with Gasteiger partial charge in [0.05, 0.1) is 45.7 Å². The molecule has 0 heterocycles. The third kappa shape index (κ3) is 21.6. The van der Waals surface area contributed by atoms with E-state index < -0.39 is 0 Å². The first-order valence-electron chi connectivity index (χ1n) is 13.0. The van der Waals surface area contributed by atoms with E-state index in [1.807, 2.05) is 0 Å². The molecule has 0 rings (SSSR count). The van der Waals surface area contributed by atoms with E-state index in [1.165, 1.54) is 0 Å². The van der Waals surface area contributed by atoms with Crippen molar-refractivity contribution in [2.75, 3.05) is 66.1 Å². The first-order valence-corrected chi connectivity index (χ1v) is 13.0. The molecule has 0 saturated carbocycles. The van der Waals surface area contributed by atoms with Crippen LogP contribution in [-0.2, 0) is 28.4 Å². The first kappa shape index (κ1) is 31.7. The molecule has 7 heteroatoms. The van der Waals surface area contributed by atoms with Crippen molar-refractivity contribution in [1.29, 1.82) is 0 Å². The molecule has 0 aromatic rings. The first-order chi connectivity index (χ1) is 15.7. The van der Waals surface area contributed by atoms with Crippen LogP contribution in [0.25, 0.3) is 0 Å². The second kappa shape index (κ2) is 25.3. The largest absolute Gasteiger partial charge is 0.379 e. The van der Waals surface area contributed by atoms with Gasteiger partial charge in [-0.3, -0.25) is 0 Å². The van der Waals surface area contributed by atoms with Crippen molar-refractivity contribution in [3.8, 4) is 0 Å². The lowest BCUT2D eigenvalue weighted by Gasteiger charge is -2.23. The molecule has 7 nitrogen and oxygen atoms in total. The smallest absolute Gasteiger partial charge is 0.104 e. The number of hydrogen-bond acceptors (Lipinski definition) is 7. The van der Waals surface area contributed by atoms with E-state index in [2.05, 4.69) is 27.7 Å². The molecule has 0 amide bonds. The van der Waals surface area contributed by atoms with Crippen LogP contribution < -0.4 is 5.73 Å². The van der Waals surface area contributed by atoms with Gasteiger partial charge in [0.25, 0.3) is 0 Å². The maximum absolute atomic E-state index is 6.26. The van der Waals surface area contributed by atoms with Crippen LogP contribution in [0, 0.1) is 0 Å². The van der Waals surface area contributed by atoms with Gasteiger partial charge in [0, 0.05) is 26.4 Å². The van der Waals surface area contributed by atoms with E-state index in [1.54, 1.807) is 0 Å². The predicted molar refractivity (Wildman–Crippen MR) is 130 cm³/mol. The summed E-state index contributed by atoms with van der Waals surface area (Å²) >= 11 is 0. The van der Waals surface area contributed by atoms with Crippen LogP contribution in [-0.4, -0.2) is 84.3 Å². The van der Waals surface area contributed by atoms with Crippen molar-refractivity contribution in [2.24, 2.45) is 5.73 Å². The second-order valence-electron chi connectivity index (χ2n) is 8.38. The van der Waals surface area contributed by atoms with E-state index >= 15 is 0 Å². The molecular formula is C25H53NO6. The number of ether oxygens (including phenoxy) is 6. The van der Waals surface area contributed by atoms with Crippen molar-refractivity contribution in [3.05, 3.63) is 0 Å². The fourth-order valence-corrected chi connectivity index (χ4v) is 2.70. The minimum atomic E-state index is -0.224. The zero-order chi connectivity index (χ0) is 23.7. The molecule has 0 spiro atoms. The number of rotatable bonds is 26. The predicted octanol–water partition coefficient (Wildman–Crippen LogP) is 4.35. The van der Waals surface area contributed by atoms with Gasteiger partial charge < -0.3 is 34.2 Å². The maximum Gasteiger partial charge on any atom is 0.104 e. The van der Waals surface area contributed by atoms with Crippen LogP contribution in [0.15, 0.2) is 0 Å². The quantitative estimate of drug-likeness (QED) is 0.191. The molecule has 2 N–H and O–H groups in total. The topological polar surface area (TPSA) is 81.4 Å². The van der Waals surface area contributed by atoms with Gasteiger partial charge in [0.1, 0.15) is 12.2 Å². The van der Waals surface area contributed by atoms with E-state index in [0.29, 0.717) is 39.6 Å². The number of unbranched alkanes of at least 4 members (excludes halogenated alkanes) is 4. The SMILES string of the molecule is CCCCOCC(COCCCC)OCC(N)COC(COCCCC)COCCCC. The Balaban J connectivity index is 4.31. The van der Waals surface area contributed by atoms with Crippen LogP contribution in [0.5, 0.6) is 0 Å². The van der Waals surface area contributed by atoms with Gasteiger partial charge in [-0.15, -0.1) is 0 Å². The Labute approximate surface area is 198 Å². The lowest BCUT2D eigenvalue weighted by Crippen LogP contribution is -2.38. The average Bonchev–Trinajstić information content (AvgIpc) is 2.80. The second-order valence-corrected chi connectivity index (χ2v) is 8.38. The van der Waals surface area contributed by atoms with Crippen molar-refractivity contribution in [3.63, 3.8) is 0 Å². The Morgan fingerprint density at radius 3 is 1.00 bits per heavy atom. The third-order valence-corrected chi connectivity index (χ3v) is 4.88. The van der Waals surface area contributed by atoms with Crippen LogP contribution >= 0.6 is 0 Å². The summed E-state index contributed by atoms with van der Waals surface area (Å²) in [5, 5.41) is 0. The fraction of sp³-hybridized carbons (Fsp3) is 1.00. The van der Waals surface area contributed by atoms with Gasteiger partial charge in [0.2, 0.25) is 0 Å². The summed E-state index contributed by atoms with van der Waals surface area (Å²) in [6.07, 6.45) is 8.46. The van der Waals surface area contributed by atoms with Gasteiger partial charge in [-0.05, 0) is 25.7 Å². The van der Waals surface area contributed by atoms with Crippen molar-refractivity contribution in [2.45, 2.75) is 97.3 Å². The monoisotopic (exact) mass is 463 g/mol. The Kier molecular flexibility index (Phi) is 25.1. The summed E-state index contributed by atoms with van der Waals surface area (Å²) in [4.78, 5) is 0. The van der Waals surface area contributed by atoms with Gasteiger partial charge in [0.15, 0.2) is 0 Å². The molecular weight excluding hydrogens is 410 g/mol. The molecule has 0 aliphatic rings. The summed E-state index contributed by atoms with van der Waals surface area (Å²) < 4.78 is 35.0. The fourth-order valence-electron chi connectivity index (χ4n) is 2.70. The van der Waals surface area contributed by atoms with Gasteiger partial charge in [-0.25, -0.2) is 0 Å². The summed E-state index contributed by atoms with van der Waals surface area (Å²) in [5.41, 5.74) is 6.26. The maximum atomic E-state index is 6.26. The van der Waals surface area contributed by atoms with Gasteiger partial charge in [-0.2, -0.15) is 0 Å². The molecule has 0 aliphatic carbocycles. The third-order valence-electron chi connectivity index (χ3n) is 4.88. The molecule has 0 unspecified atom stereocenters. The van der Waals surface area contributed by atoms with Crippen molar-refractivity contribution < 1.29 is 28.4 Å². The van der Waals surface area contributed by atoms with Crippen LogP contribution in [0.3, 0.4) is 0 Å². The standard InChI is InChI=1S/C25H53NO6/c1-5-9-13-27-19-24(20-28-14-10-6-2)31-17-23(26)18-32-25(21-29-15-11-7-3)22-30-16-12-8-4/h23-25H,5-22,26H2,1-4H3. The van der Waals surface area contributed by atoms with Crippen LogP contribution in [0.1, 0.15) is 79.1 Å². The molecule has 0 saturated heterocycles. The Bertz CT molecular complexity index is 305. The Hall–Kier alpha value is -0.280. The highest BCUT2D eigenvalue weighted by Gasteiger charge is 2.16. The minimum absolute atomic E-state index is 0.111. The zero-order valence-corrected chi connectivity index (χ0v) is 21.5. The average molecular weight is 464 g/mol. The molecule has 0 bridgehead atoms. The van der Waals surface area contributed by atoms with Gasteiger partial charge >= 0.3 is 0 Å². The van der Waals surface area contributed by atoms with Gasteiger partial charge in [-0.1, -0.05) is 53.4 Å². The molecule has 32 heavy (non-hydrogen) atoms. The van der Waals surface area contributed by atoms with Crippen molar-refractivity contribution >= 4 is 0 Å². The summed E-state index contributed by atoms with van der Waals surface area (Å²) in [6, 6.07) is -0.224. The van der Waals surface area contributed by atoms with E-state index in [9.17, 15) is 0 Å². The lowest BCUT2D eigenvalue weighted by atomic mass is 10.3. The molecule has 0 aliphatic heterocycles. The molecule has 0 aromatic carbocycles. The zero-order valence-electron chi connectivity index (χ0n) is 21.5. The Morgan fingerprint density at radius 2 is 0.750 bits per heavy atom. The highest BCUT2D eigenvalue weighted by molar-refractivity contribution is 4.65. The van der Waals surface area contributed by atoms with E-state index in [4.69, 9.17) is 34.2 Å². The summed E-state index contributed by atoms with van der Waals surface area (Å²) in [7, 11) is 0. The highest BCUT2D eigenvalue weighted by atomic mass is 16.6. The molecule has 0 radical (unpaired) electrons. The van der Waals surface area contributed by atoms with Crippen LogP contribution in [0.2, 0.25) is 0 Å². The Morgan fingerprint density at radius 1 is 0.469 bits per heavy atom. The van der Waals surface area contributed by atoms with E-state index in [0.717, 1.165) is 77.8 Å². The molecule has 0 atom stereocenters. The number of hydrogen-bond donors (Lipinski definition) is 1. The summed E-state index contributed by atoms with van der Waals surface area (Å²) in [5.74, 6) is 0. The van der Waals surface area contributed by atoms with Crippen LogP contribution in [0.4, 0.5) is 0 Å². The molecule has 0 fully saturated rings. The van der Waals surface area contributed by atoms with E-state index in [-0.39, 0.29) is 18.2 Å². The highest BCUT2D eigenvalue weighted by Crippen LogP contribution is 2.03. The molecule has 194 valence electrons. The van der Waals surface area contributed by atoms with Crippen molar-refractivity contribution in [1.82, 2.24) is 0 Å². The molecule has 0 aromatic heterocycles. The normalized spacial score (nSPS) is 12.0. The summed E-state index contributed by atoms with van der Waals surface area (Å²) in [6.45, 7) is 14.5. The lowest BCUT2D eigenvalue weighted by molar-refractivity contribution is -0.0853.